The van der Waals surface area contributed by atoms with Crippen molar-refractivity contribution in [2.45, 2.75) is 29.4 Å². The van der Waals surface area contributed by atoms with Gasteiger partial charge in [-0.25, -0.2) is 8.42 Å². The summed E-state index contributed by atoms with van der Waals surface area (Å²) in [5.41, 5.74) is 0.561. The lowest BCUT2D eigenvalue weighted by Gasteiger charge is -2.33. The first-order valence-corrected chi connectivity index (χ1v) is 10.9. The van der Waals surface area contributed by atoms with Gasteiger partial charge in [-0.1, -0.05) is 0 Å². The van der Waals surface area contributed by atoms with Gasteiger partial charge in [0.1, 0.15) is 11.8 Å². The minimum atomic E-state index is -4.17. The van der Waals surface area contributed by atoms with Gasteiger partial charge in [0.2, 0.25) is 10.0 Å². The van der Waals surface area contributed by atoms with E-state index < -0.39 is 40.7 Å². The normalized spacial score (nSPS) is 21.5. The summed E-state index contributed by atoms with van der Waals surface area (Å²) in [6, 6.07) is 5.80. The van der Waals surface area contributed by atoms with Crippen molar-refractivity contribution in [3.05, 3.63) is 46.2 Å². The summed E-state index contributed by atoms with van der Waals surface area (Å²) in [6.45, 7) is -0.729. The van der Waals surface area contributed by atoms with E-state index in [9.17, 15) is 28.5 Å². The number of carboxylic acids is 1. The van der Waals surface area contributed by atoms with Gasteiger partial charge in [-0.2, -0.15) is 4.31 Å². The van der Waals surface area contributed by atoms with Gasteiger partial charge in [-0.15, -0.1) is 11.3 Å². The van der Waals surface area contributed by atoms with Gasteiger partial charge in [0, 0.05) is 17.3 Å². The maximum Gasteiger partial charge on any atom is 0.322 e. The van der Waals surface area contributed by atoms with Crippen LogP contribution in [0, 0.1) is 0 Å². The molecule has 3 unspecified atom stereocenters. The zero-order valence-electron chi connectivity index (χ0n) is 15.1. The predicted molar refractivity (Wildman–Crippen MR) is 102 cm³/mol. The maximum atomic E-state index is 13.3. The molecular weight excluding hydrogens is 406 g/mol. The molecule has 2 aromatic rings. The average molecular weight is 428 g/mol. The van der Waals surface area contributed by atoms with Crippen LogP contribution in [0.1, 0.15) is 16.4 Å². The van der Waals surface area contributed by atoms with E-state index in [1.807, 2.05) is 0 Å². The summed E-state index contributed by atoms with van der Waals surface area (Å²) in [5.74, 6) is -1.99. The Balaban J connectivity index is 2.10. The van der Waals surface area contributed by atoms with Crippen LogP contribution in [-0.4, -0.2) is 66.4 Å². The fraction of sp³-hybridized carbons (Fsp3) is 0.389. The Bertz CT molecular complexity index is 939. The summed E-state index contributed by atoms with van der Waals surface area (Å²) in [6.07, 6.45) is -1.10. The summed E-state index contributed by atoms with van der Waals surface area (Å²) in [7, 11) is -2.71. The summed E-state index contributed by atoms with van der Waals surface area (Å²) in [4.78, 5) is 12.9. The number of aliphatic carboxylic acids is 1. The van der Waals surface area contributed by atoms with E-state index in [4.69, 9.17) is 4.74 Å². The SMILES string of the molecule is COc1ccc(S(=O)(=O)N2CCc3sccc3C(C(O)CO)C2C(=O)O)cc1. The van der Waals surface area contributed by atoms with Crippen molar-refractivity contribution < 1.29 is 33.3 Å². The highest BCUT2D eigenvalue weighted by Crippen LogP contribution is 2.38. The summed E-state index contributed by atoms with van der Waals surface area (Å²) >= 11 is 1.37. The molecule has 1 aliphatic rings. The van der Waals surface area contributed by atoms with Crippen molar-refractivity contribution in [1.82, 2.24) is 4.31 Å². The topological polar surface area (TPSA) is 124 Å². The molecule has 8 nitrogen and oxygen atoms in total. The van der Waals surface area contributed by atoms with Crippen LogP contribution < -0.4 is 4.74 Å². The van der Waals surface area contributed by atoms with Gasteiger partial charge >= 0.3 is 5.97 Å². The van der Waals surface area contributed by atoms with E-state index in [1.165, 1.54) is 42.7 Å². The fourth-order valence-electron chi connectivity index (χ4n) is 3.51. The zero-order valence-corrected chi connectivity index (χ0v) is 16.7. The highest BCUT2D eigenvalue weighted by Gasteiger charge is 2.46. The van der Waals surface area contributed by atoms with Gasteiger partial charge < -0.3 is 20.1 Å². The maximum absolute atomic E-state index is 13.3. The lowest BCUT2D eigenvalue weighted by atomic mass is 9.87. The van der Waals surface area contributed by atoms with Gasteiger partial charge in [0.05, 0.1) is 24.7 Å². The molecule has 0 aliphatic carbocycles. The molecule has 0 fully saturated rings. The third kappa shape index (κ3) is 3.65. The second kappa shape index (κ2) is 8.18. The lowest BCUT2D eigenvalue weighted by molar-refractivity contribution is -0.143. The van der Waals surface area contributed by atoms with Crippen LogP contribution in [0.2, 0.25) is 0 Å². The van der Waals surface area contributed by atoms with Gasteiger partial charge in [0.25, 0.3) is 0 Å². The summed E-state index contributed by atoms with van der Waals surface area (Å²) in [5, 5.41) is 31.5. The van der Waals surface area contributed by atoms with Gasteiger partial charge in [-0.3, -0.25) is 4.79 Å². The molecule has 28 heavy (non-hydrogen) atoms. The van der Waals surface area contributed by atoms with Gasteiger partial charge in [-0.05, 0) is 47.7 Å². The molecule has 152 valence electrons. The second-order valence-electron chi connectivity index (χ2n) is 6.40. The number of aliphatic hydroxyl groups excluding tert-OH is 2. The molecule has 1 aromatic carbocycles. The van der Waals surface area contributed by atoms with E-state index in [2.05, 4.69) is 0 Å². The van der Waals surface area contributed by atoms with Crippen molar-refractivity contribution in [3.8, 4) is 5.75 Å². The molecular formula is C18H21NO7S2. The van der Waals surface area contributed by atoms with Crippen LogP contribution in [0.3, 0.4) is 0 Å². The number of methoxy groups -OCH3 is 1. The van der Waals surface area contributed by atoms with Crippen molar-refractivity contribution in [3.63, 3.8) is 0 Å². The predicted octanol–water partition coefficient (Wildman–Crippen LogP) is 0.894. The smallest absolute Gasteiger partial charge is 0.322 e. The Kier molecular flexibility index (Phi) is 6.06. The van der Waals surface area contributed by atoms with E-state index in [0.717, 1.165) is 9.18 Å². The molecule has 0 saturated heterocycles. The number of benzene rings is 1. The Labute approximate surface area is 166 Å². The van der Waals surface area contributed by atoms with Crippen LogP contribution in [-0.2, 0) is 21.2 Å². The Morgan fingerprint density at radius 3 is 2.57 bits per heavy atom. The second-order valence-corrected chi connectivity index (χ2v) is 9.29. The molecule has 0 saturated carbocycles. The third-order valence-electron chi connectivity index (χ3n) is 4.87. The molecule has 3 N–H and O–H groups in total. The Hall–Kier alpha value is -1.98. The minimum absolute atomic E-state index is 0.0481. The highest BCUT2D eigenvalue weighted by atomic mass is 32.2. The minimum Gasteiger partial charge on any atom is -0.497 e. The van der Waals surface area contributed by atoms with E-state index in [1.54, 1.807) is 11.4 Å². The first-order valence-electron chi connectivity index (χ1n) is 8.55. The van der Waals surface area contributed by atoms with Crippen molar-refractivity contribution in [1.29, 1.82) is 0 Å². The van der Waals surface area contributed by atoms with Crippen LogP contribution in [0.4, 0.5) is 0 Å². The number of hydrogen-bond acceptors (Lipinski definition) is 7. The molecule has 3 atom stereocenters. The zero-order chi connectivity index (χ0) is 20.5. The van der Waals surface area contributed by atoms with E-state index in [-0.39, 0.29) is 11.4 Å². The van der Waals surface area contributed by atoms with Crippen LogP contribution >= 0.6 is 11.3 Å². The van der Waals surface area contributed by atoms with E-state index in [0.29, 0.717) is 17.7 Å². The molecule has 0 radical (unpaired) electrons. The highest BCUT2D eigenvalue weighted by molar-refractivity contribution is 7.89. The van der Waals surface area contributed by atoms with Crippen LogP contribution in [0.5, 0.6) is 5.75 Å². The molecule has 0 spiro atoms. The Morgan fingerprint density at radius 1 is 1.32 bits per heavy atom. The summed E-state index contributed by atoms with van der Waals surface area (Å²) < 4.78 is 32.5. The number of nitrogens with zero attached hydrogens (tertiary/aromatic N) is 1. The number of ether oxygens (including phenoxy) is 1. The molecule has 1 aliphatic heterocycles. The first kappa shape index (κ1) is 20.7. The van der Waals surface area contributed by atoms with Crippen LogP contribution in [0.25, 0.3) is 0 Å². The largest absolute Gasteiger partial charge is 0.497 e. The number of rotatable bonds is 6. The molecule has 2 heterocycles. The Morgan fingerprint density at radius 2 is 2.00 bits per heavy atom. The average Bonchev–Trinajstić information content (AvgIpc) is 3.07. The number of fused-ring (bicyclic) bond motifs is 1. The molecule has 0 bridgehead atoms. The van der Waals surface area contributed by atoms with Crippen molar-refractivity contribution in [2.75, 3.05) is 20.3 Å². The number of thiophene rings is 1. The van der Waals surface area contributed by atoms with Crippen LogP contribution in [0.15, 0.2) is 40.6 Å². The third-order valence-corrected chi connectivity index (χ3v) is 7.76. The standard InChI is InChI=1S/C18H21NO7S2/c1-26-11-2-4-12(5-3-11)28(24,25)19-8-6-15-13(7-9-27-15)16(14(21)10-20)17(19)18(22)23/h2-5,7,9,14,16-17,20-21H,6,8,10H2,1H3,(H,22,23). The van der Waals surface area contributed by atoms with E-state index >= 15 is 0 Å². The molecule has 3 rings (SSSR count). The fourth-order valence-corrected chi connectivity index (χ4v) is 6.04. The van der Waals surface area contributed by atoms with Gasteiger partial charge in [0.15, 0.2) is 0 Å². The van der Waals surface area contributed by atoms with Crippen molar-refractivity contribution >= 4 is 27.3 Å². The van der Waals surface area contributed by atoms with Crippen molar-refractivity contribution in [2.24, 2.45) is 0 Å². The number of carboxylic acid groups (broad SMARTS) is 1. The molecule has 10 heteroatoms. The first-order chi connectivity index (χ1) is 13.3. The lowest BCUT2D eigenvalue weighted by Crippen LogP contribution is -2.51. The monoisotopic (exact) mass is 427 g/mol. The number of sulfonamides is 1. The quantitative estimate of drug-likeness (QED) is 0.625. The number of hydrogen-bond donors (Lipinski definition) is 3. The number of aliphatic hydroxyl groups is 2. The molecule has 0 amide bonds. The number of carbonyl (C=O) groups is 1. The molecule has 1 aromatic heterocycles.